The van der Waals surface area contributed by atoms with Gasteiger partial charge in [-0.3, -0.25) is 4.79 Å². The number of nitrogens with one attached hydrogen (secondary N) is 1. The molecule has 0 aromatic carbocycles. The van der Waals surface area contributed by atoms with E-state index in [0.717, 1.165) is 0 Å². The summed E-state index contributed by atoms with van der Waals surface area (Å²) in [5.74, 6) is -0.257. The van der Waals surface area contributed by atoms with Gasteiger partial charge in [0.25, 0.3) is 5.91 Å². The molecule has 1 fully saturated rings. The monoisotopic (exact) mass is 246 g/mol. The third-order valence-electron chi connectivity index (χ3n) is 3.08. The molecule has 0 saturated carbocycles. The largest absolute Gasteiger partial charge is 0.390 e. The highest BCUT2D eigenvalue weighted by atomic mass is 16.3. The van der Waals surface area contributed by atoms with Crippen molar-refractivity contribution in [3.05, 3.63) is 29.6 Å². The molecule has 2 rings (SSSR count). The average molecular weight is 246 g/mol. The molecule has 1 saturated heterocycles. The number of amides is 1. The summed E-state index contributed by atoms with van der Waals surface area (Å²) in [7, 11) is 1.64. The van der Waals surface area contributed by atoms with Crippen LogP contribution in [0, 0.1) is 11.3 Å². The highest BCUT2D eigenvalue weighted by molar-refractivity contribution is 5.92. The zero-order chi connectivity index (χ0) is 13.1. The number of aliphatic hydroxyl groups excluding tert-OH is 1. The van der Waals surface area contributed by atoms with E-state index in [9.17, 15) is 9.90 Å². The van der Waals surface area contributed by atoms with Gasteiger partial charge >= 0.3 is 0 Å². The number of carbonyl (C=O) groups is 1. The molecule has 6 heteroatoms. The maximum atomic E-state index is 12.1. The molecule has 18 heavy (non-hydrogen) atoms. The molecule has 0 bridgehead atoms. The van der Waals surface area contributed by atoms with Crippen LogP contribution in [0.1, 0.15) is 16.1 Å². The molecule has 1 aliphatic heterocycles. The van der Waals surface area contributed by atoms with E-state index in [1.54, 1.807) is 13.1 Å². The van der Waals surface area contributed by atoms with Crippen molar-refractivity contribution >= 4 is 5.91 Å². The van der Waals surface area contributed by atoms with Crippen molar-refractivity contribution in [2.24, 2.45) is 0 Å². The third-order valence-corrected chi connectivity index (χ3v) is 3.08. The third kappa shape index (κ3) is 2.32. The highest BCUT2D eigenvalue weighted by Gasteiger charge is 2.31. The first-order valence-corrected chi connectivity index (χ1v) is 5.65. The Bertz CT molecular complexity index is 480. The van der Waals surface area contributed by atoms with Gasteiger partial charge in [0.1, 0.15) is 11.8 Å². The first-order valence-electron chi connectivity index (χ1n) is 5.65. The fourth-order valence-corrected chi connectivity index (χ4v) is 1.96. The molecule has 2 atom stereocenters. The lowest BCUT2D eigenvalue weighted by atomic mass is 10.1. The predicted molar refractivity (Wildman–Crippen MR) is 63.7 cm³/mol. The zero-order valence-electron chi connectivity index (χ0n) is 10.00. The minimum absolute atomic E-state index is 0.241. The van der Waals surface area contributed by atoms with E-state index < -0.39 is 6.10 Å². The summed E-state index contributed by atoms with van der Waals surface area (Å²) in [4.78, 5) is 17.6. The van der Waals surface area contributed by atoms with Crippen LogP contribution in [0.4, 0.5) is 0 Å². The van der Waals surface area contributed by atoms with Gasteiger partial charge in [0.15, 0.2) is 0 Å². The van der Waals surface area contributed by atoms with E-state index >= 15 is 0 Å². The average Bonchev–Trinajstić information content (AvgIpc) is 2.83. The number of carbonyl (C=O) groups excluding carboxylic acids is 1. The molecule has 1 aromatic rings. The van der Waals surface area contributed by atoms with Crippen molar-refractivity contribution in [3.63, 3.8) is 0 Å². The fraction of sp³-hybridized carbons (Fsp3) is 0.417. The maximum Gasteiger partial charge on any atom is 0.272 e. The molecule has 6 nitrogen and oxygen atoms in total. The van der Waals surface area contributed by atoms with Gasteiger partial charge < -0.3 is 15.3 Å². The second kappa shape index (κ2) is 5.12. The second-order valence-corrected chi connectivity index (χ2v) is 4.25. The molecule has 0 spiro atoms. The smallest absolute Gasteiger partial charge is 0.272 e. The Kier molecular flexibility index (Phi) is 3.55. The van der Waals surface area contributed by atoms with Crippen molar-refractivity contribution in [1.29, 1.82) is 5.26 Å². The first-order chi connectivity index (χ1) is 8.63. The lowest BCUT2D eigenvalue weighted by molar-refractivity contribution is 0.0576. The highest BCUT2D eigenvalue weighted by Crippen LogP contribution is 2.11. The predicted octanol–water partition coefficient (Wildman–Crippen LogP) is -0.642. The Morgan fingerprint density at radius 3 is 2.89 bits per heavy atom. The Morgan fingerprint density at radius 2 is 2.39 bits per heavy atom. The van der Waals surface area contributed by atoms with Crippen LogP contribution in [-0.4, -0.2) is 53.2 Å². The summed E-state index contributed by atoms with van der Waals surface area (Å²) in [5.41, 5.74) is 0.687. The molecular formula is C12H14N4O2. The number of nitrogens with zero attached hydrogens (tertiary/aromatic N) is 3. The molecule has 0 unspecified atom stereocenters. The van der Waals surface area contributed by atoms with Gasteiger partial charge in [-0.1, -0.05) is 0 Å². The Balaban J connectivity index is 2.12. The number of hydrogen-bond acceptors (Lipinski definition) is 5. The second-order valence-electron chi connectivity index (χ2n) is 4.25. The van der Waals surface area contributed by atoms with Crippen LogP contribution >= 0.6 is 0 Å². The van der Waals surface area contributed by atoms with Crippen LogP contribution in [-0.2, 0) is 0 Å². The normalized spacial score (nSPS) is 22.5. The molecular weight excluding hydrogens is 232 g/mol. The van der Waals surface area contributed by atoms with Crippen molar-refractivity contribution in [2.45, 2.75) is 12.1 Å². The van der Waals surface area contributed by atoms with Crippen LogP contribution in [0.2, 0.25) is 0 Å². The van der Waals surface area contributed by atoms with Gasteiger partial charge in [-0.15, -0.1) is 0 Å². The summed E-state index contributed by atoms with van der Waals surface area (Å²) in [6.07, 6.45) is 0.807. The van der Waals surface area contributed by atoms with E-state index in [4.69, 9.17) is 5.26 Å². The van der Waals surface area contributed by atoms with Crippen LogP contribution < -0.4 is 5.32 Å². The van der Waals surface area contributed by atoms with E-state index in [0.29, 0.717) is 18.7 Å². The SMILES string of the molecule is CN(C(=O)c1ccc(C#N)cn1)[C@H]1CNC[C@@H]1O. The number of hydrogen-bond donors (Lipinski definition) is 2. The molecule has 94 valence electrons. The van der Waals surface area contributed by atoms with Gasteiger partial charge in [0.2, 0.25) is 0 Å². The number of nitriles is 1. The summed E-state index contributed by atoms with van der Waals surface area (Å²) in [6.45, 7) is 1.06. The van der Waals surface area contributed by atoms with Crippen LogP contribution in [0.3, 0.4) is 0 Å². The number of aliphatic hydroxyl groups is 1. The van der Waals surface area contributed by atoms with Gasteiger partial charge in [-0.05, 0) is 12.1 Å². The van der Waals surface area contributed by atoms with Crippen molar-refractivity contribution < 1.29 is 9.90 Å². The van der Waals surface area contributed by atoms with Gasteiger partial charge in [0, 0.05) is 26.3 Å². The molecule has 1 aliphatic rings. The lowest BCUT2D eigenvalue weighted by Gasteiger charge is -2.26. The molecule has 1 amide bonds. The molecule has 1 aromatic heterocycles. The fourth-order valence-electron chi connectivity index (χ4n) is 1.96. The number of pyridine rings is 1. The van der Waals surface area contributed by atoms with E-state index in [1.807, 2.05) is 6.07 Å². The zero-order valence-corrected chi connectivity index (χ0v) is 10.00. The molecule has 0 radical (unpaired) electrons. The summed E-state index contributed by atoms with van der Waals surface area (Å²) >= 11 is 0. The minimum atomic E-state index is -0.558. The summed E-state index contributed by atoms with van der Waals surface area (Å²) in [5, 5.41) is 21.4. The van der Waals surface area contributed by atoms with E-state index in [-0.39, 0.29) is 17.6 Å². The summed E-state index contributed by atoms with van der Waals surface area (Å²) < 4.78 is 0. The van der Waals surface area contributed by atoms with Crippen molar-refractivity contribution in [3.8, 4) is 6.07 Å². The molecule has 2 heterocycles. The van der Waals surface area contributed by atoms with Crippen molar-refractivity contribution in [2.75, 3.05) is 20.1 Å². The topological polar surface area (TPSA) is 89.2 Å². The standard InChI is InChI=1S/C12H14N4O2/c1-16(10-6-14-7-11(10)17)12(18)9-3-2-8(4-13)5-15-9/h2-3,5,10-11,14,17H,6-7H2,1H3/t10-,11-/m0/s1. The summed E-state index contributed by atoms with van der Waals surface area (Å²) in [6, 6.07) is 4.78. The quantitative estimate of drug-likeness (QED) is 0.724. The van der Waals surface area contributed by atoms with Crippen molar-refractivity contribution in [1.82, 2.24) is 15.2 Å². The molecule has 0 aliphatic carbocycles. The van der Waals surface area contributed by atoms with Gasteiger partial charge in [-0.2, -0.15) is 5.26 Å². The Hall–Kier alpha value is -1.97. The van der Waals surface area contributed by atoms with Crippen LogP contribution in [0.15, 0.2) is 18.3 Å². The van der Waals surface area contributed by atoms with E-state index in [2.05, 4.69) is 10.3 Å². The minimum Gasteiger partial charge on any atom is -0.390 e. The maximum absolute atomic E-state index is 12.1. The van der Waals surface area contributed by atoms with Gasteiger partial charge in [0.05, 0.1) is 17.7 Å². The lowest BCUT2D eigenvalue weighted by Crippen LogP contribution is -2.44. The Labute approximate surface area is 105 Å². The number of β-amino-alcohol motifs (C(OH)–C–C–N with tert-alkyl or cyclic N) is 1. The van der Waals surface area contributed by atoms with Crippen LogP contribution in [0.5, 0.6) is 0 Å². The number of likely N-dealkylation sites (N-methyl/N-ethyl adjacent to an activating group) is 1. The van der Waals surface area contributed by atoms with Crippen LogP contribution in [0.25, 0.3) is 0 Å². The number of aromatic nitrogens is 1. The van der Waals surface area contributed by atoms with Gasteiger partial charge in [-0.25, -0.2) is 4.98 Å². The Morgan fingerprint density at radius 1 is 1.61 bits per heavy atom. The molecule has 2 N–H and O–H groups in total. The first kappa shape index (κ1) is 12.5. The van der Waals surface area contributed by atoms with E-state index in [1.165, 1.54) is 17.2 Å². The number of rotatable bonds is 2.